The maximum absolute atomic E-state index is 13.1. The molecule has 0 bridgehead atoms. The first kappa shape index (κ1) is 24.7. The Morgan fingerprint density at radius 1 is 1.06 bits per heavy atom. The highest BCUT2D eigenvalue weighted by atomic mass is 32.2. The van der Waals surface area contributed by atoms with Gasteiger partial charge in [-0.1, -0.05) is 12.1 Å². The number of hydrogen-bond acceptors (Lipinski definition) is 5. The first-order valence-corrected chi connectivity index (χ1v) is 12.4. The number of amides is 1. The van der Waals surface area contributed by atoms with Crippen LogP contribution in [0.1, 0.15) is 25.8 Å². The van der Waals surface area contributed by atoms with Crippen LogP contribution in [0.3, 0.4) is 0 Å². The zero-order valence-corrected chi connectivity index (χ0v) is 19.7. The summed E-state index contributed by atoms with van der Waals surface area (Å²) < 4.78 is 51.0. The quantitative estimate of drug-likeness (QED) is 0.569. The zero-order chi connectivity index (χ0) is 23.8. The minimum atomic E-state index is -3.73. The average molecular weight is 477 g/mol. The molecule has 0 aliphatic carbocycles. The summed E-state index contributed by atoms with van der Waals surface area (Å²) in [5.41, 5.74) is 1.57. The van der Waals surface area contributed by atoms with Crippen molar-refractivity contribution in [3.63, 3.8) is 0 Å². The normalized spacial score (nSPS) is 14.5. The lowest BCUT2D eigenvalue weighted by molar-refractivity contribution is -0.117. The van der Waals surface area contributed by atoms with Crippen LogP contribution in [-0.2, 0) is 21.2 Å². The number of benzene rings is 2. The molecule has 0 aromatic heterocycles. The Kier molecular flexibility index (Phi) is 8.46. The van der Waals surface area contributed by atoms with Gasteiger partial charge in [-0.15, -0.1) is 0 Å². The molecule has 0 unspecified atom stereocenters. The summed E-state index contributed by atoms with van der Waals surface area (Å²) in [6, 6.07) is 10.4. The Bertz CT molecular complexity index is 1100. The van der Waals surface area contributed by atoms with Crippen molar-refractivity contribution < 1.29 is 27.1 Å². The molecule has 2 aromatic carbocycles. The van der Waals surface area contributed by atoms with Gasteiger partial charge in [-0.3, -0.25) is 4.79 Å². The van der Waals surface area contributed by atoms with Gasteiger partial charge in [-0.2, -0.15) is 4.31 Å². The van der Waals surface area contributed by atoms with Gasteiger partial charge in [0.2, 0.25) is 15.9 Å². The Morgan fingerprint density at radius 2 is 1.76 bits per heavy atom. The Balaban J connectivity index is 1.54. The molecule has 0 radical (unpaired) electrons. The van der Waals surface area contributed by atoms with Gasteiger partial charge < -0.3 is 14.8 Å². The minimum Gasteiger partial charge on any atom is -0.490 e. The second-order valence-corrected chi connectivity index (χ2v) is 9.39. The van der Waals surface area contributed by atoms with Crippen molar-refractivity contribution in [3.8, 4) is 11.5 Å². The third-order valence-corrected chi connectivity index (χ3v) is 7.10. The van der Waals surface area contributed by atoms with Gasteiger partial charge in [0.15, 0.2) is 11.5 Å². The summed E-state index contributed by atoms with van der Waals surface area (Å²) in [7, 11) is -3.73. The molecule has 1 aliphatic heterocycles. The van der Waals surface area contributed by atoms with E-state index in [2.05, 4.69) is 5.32 Å². The fourth-order valence-electron chi connectivity index (χ4n) is 3.52. The Morgan fingerprint density at radius 3 is 2.39 bits per heavy atom. The molecule has 1 heterocycles. The van der Waals surface area contributed by atoms with Crippen molar-refractivity contribution in [3.05, 3.63) is 65.5 Å². The molecule has 33 heavy (non-hydrogen) atoms. The van der Waals surface area contributed by atoms with Gasteiger partial charge in [0.25, 0.3) is 0 Å². The summed E-state index contributed by atoms with van der Waals surface area (Å²) in [6.07, 6.45) is 2.56. The largest absolute Gasteiger partial charge is 0.490 e. The van der Waals surface area contributed by atoms with E-state index >= 15 is 0 Å². The van der Waals surface area contributed by atoms with Crippen molar-refractivity contribution >= 4 is 15.9 Å². The fraction of sp³-hybridized carbons (Fsp3) is 0.375. The SMILES string of the molecule is CCOc1ccc(CCNC(=O)C2=CCN(S(=O)(=O)c3ccc(F)cc3)CC2)cc1OCC. The van der Waals surface area contributed by atoms with Crippen molar-refractivity contribution in [1.82, 2.24) is 9.62 Å². The first-order chi connectivity index (χ1) is 15.8. The molecule has 1 N–H and O–H groups in total. The number of nitrogens with zero attached hydrogens (tertiary/aromatic N) is 1. The van der Waals surface area contributed by atoms with Gasteiger partial charge >= 0.3 is 0 Å². The van der Waals surface area contributed by atoms with E-state index in [1.165, 1.54) is 16.4 Å². The maximum atomic E-state index is 13.1. The van der Waals surface area contributed by atoms with Crippen LogP contribution in [0, 0.1) is 5.82 Å². The molecule has 0 atom stereocenters. The van der Waals surface area contributed by atoms with Gasteiger partial charge in [0.1, 0.15) is 5.82 Å². The molecular formula is C24H29FN2O5S. The number of carbonyl (C=O) groups excluding carboxylic acids is 1. The van der Waals surface area contributed by atoms with Gasteiger partial charge in [0, 0.05) is 25.2 Å². The van der Waals surface area contributed by atoms with E-state index in [0.29, 0.717) is 49.7 Å². The molecule has 0 fully saturated rings. The predicted octanol–water partition coefficient (Wildman–Crippen LogP) is 3.30. The number of carbonyl (C=O) groups is 1. The Labute approximate surface area is 194 Å². The van der Waals surface area contributed by atoms with E-state index in [9.17, 15) is 17.6 Å². The van der Waals surface area contributed by atoms with Crippen LogP contribution in [0.4, 0.5) is 4.39 Å². The van der Waals surface area contributed by atoms with Crippen LogP contribution in [0.25, 0.3) is 0 Å². The van der Waals surface area contributed by atoms with Crippen molar-refractivity contribution in [2.45, 2.75) is 31.6 Å². The van der Waals surface area contributed by atoms with E-state index in [4.69, 9.17) is 9.47 Å². The third-order valence-electron chi connectivity index (χ3n) is 5.22. The van der Waals surface area contributed by atoms with Crippen LogP contribution in [-0.4, -0.2) is 51.5 Å². The molecular weight excluding hydrogens is 447 g/mol. The van der Waals surface area contributed by atoms with Gasteiger partial charge in [0.05, 0.1) is 18.1 Å². The standard InChI is InChI=1S/C24H29FN2O5S/c1-3-31-22-10-5-18(17-23(22)32-4-2)11-14-26-24(28)19-12-15-27(16-13-19)33(29,30)21-8-6-20(25)7-9-21/h5-10,12,17H,3-4,11,13-16H2,1-2H3,(H,26,28). The molecule has 0 saturated heterocycles. The molecule has 3 rings (SSSR count). The van der Waals surface area contributed by atoms with Crippen LogP contribution < -0.4 is 14.8 Å². The smallest absolute Gasteiger partial charge is 0.246 e. The first-order valence-electron chi connectivity index (χ1n) is 11.0. The van der Waals surface area contributed by atoms with Crippen molar-refractivity contribution in [2.24, 2.45) is 0 Å². The van der Waals surface area contributed by atoms with Gasteiger partial charge in [-0.05, 0) is 68.7 Å². The third kappa shape index (κ3) is 6.33. The highest BCUT2D eigenvalue weighted by molar-refractivity contribution is 7.89. The summed E-state index contributed by atoms with van der Waals surface area (Å²) in [5, 5.41) is 2.89. The van der Waals surface area contributed by atoms with Gasteiger partial charge in [-0.25, -0.2) is 12.8 Å². The average Bonchev–Trinajstić information content (AvgIpc) is 2.81. The second-order valence-electron chi connectivity index (χ2n) is 7.45. The summed E-state index contributed by atoms with van der Waals surface area (Å²) in [6.45, 7) is 5.63. The molecule has 0 spiro atoms. The number of hydrogen-bond donors (Lipinski definition) is 1. The van der Waals surface area contributed by atoms with Crippen molar-refractivity contribution in [2.75, 3.05) is 32.8 Å². The topological polar surface area (TPSA) is 84.9 Å². The number of rotatable bonds is 10. The fourth-order valence-corrected chi connectivity index (χ4v) is 4.90. The highest BCUT2D eigenvalue weighted by Crippen LogP contribution is 2.28. The molecule has 1 aliphatic rings. The lowest BCUT2D eigenvalue weighted by atomic mass is 10.1. The molecule has 0 saturated carbocycles. The second kappa shape index (κ2) is 11.3. The summed E-state index contributed by atoms with van der Waals surface area (Å²) in [4.78, 5) is 12.6. The zero-order valence-electron chi connectivity index (χ0n) is 18.8. The molecule has 7 nitrogen and oxygen atoms in total. The minimum absolute atomic E-state index is 0.0342. The van der Waals surface area contributed by atoms with Crippen LogP contribution in [0.15, 0.2) is 59.0 Å². The lowest BCUT2D eigenvalue weighted by Gasteiger charge is -2.25. The van der Waals surface area contributed by atoms with Crippen LogP contribution in [0.2, 0.25) is 0 Å². The monoisotopic (exact) mass is 476 g/mol. The molecule has 178 valence electrons. The lowest BCUT2D eigenvalue weighted by Crippen LogP contribution is -2.37. The number of sulfonamides is 1. The van der Waals surface area contributed by atoms with Crippen LogP contribution >= 0.6 is 0 Å². The summed E-state index contributed by atoms with van der Waals surface area (Å²) in [5.74, 6) is 0.677. The highest BCUT2D eigenvalue weighted by Gasteiger charge is 2.27. The molecule has 2 aromatic rings. The van der Waals surface area contributed by atoms with E-state index in [-0.39, 0.29) is 23.9 Å². The molecule has 1 amide bonds. The maximum Gasteiger partial charge on any atom is 0.246 e. The van der Waals surface area contributed by atoms with Crippen LogP contribution in [0.5, 0.6) is 11.5 Å². The Hall–Kier alpha value is -2.91. The predicted molar refractivity (Wildman–Crippen MR) is 123 cm³/mol. The molecule has 9 heteroatoms. The van der Waals surface area contributed by atoms with E-state index in [1.54, 1.807) is 6.08 Å². The number of ether oxygens (including phenoxy) is 2. The van der Waals surface area contributed by atoms with E-state index in [0.717, 1.165) is 17.7 Å². The number of halogens is 1. The van der Waals surface area contributed by atoms with E-state index in [1.807, 2.05) is 32.0 Å². The number of nitrogens with one attached hydrogen (secondary N) is 1. The summed E-state index contributed by atoms with van der Waals surface area (Å²) >= 11 is 0. The van der Waals surface area contributed by atoms with Crippen molar-refractivity contribution in [1.29, 1.82) is 0 Å². The van der Waals surface area contributed by atoms with E-state index < -0.39 is 15.8 Å².